The van der Waals surface area contributed by atoms with Crippen molar-refractivity contribution in [3.05, 3.63) is 84.1 Å². The van der Waals surface area contributed by atoms with Crippen LogP contribution in [-0.2, 0) is 6.61 Å². The number of imidazole rings is 1. The van der Waals surface area contributed by atoms with Gasteiger partial charge in [0.1, 0.15) is 23.9 Å². The SMILES string of the molecule is O=C(N/N=C/c1ccco1)c1ccc(OCc2nc3ccccc3[nH]2)cc1.[HH].[HH]. The summed E-state index contributed by atoms with van der Waals surface area (Å²) in [7, 11) is 0. The number of hydrogen-bond acceptors (Lipinski definition) is 5. The molecule has 0 unspecified atom stereocenters. The van der Waals surface area contributed by atoms with Crippen LogP contribution in [0.25, 0.3) is 11.0 Å². The van der Waals surface area contributed by atoms with Crippen molar-refractivity contribution in [1.82, 2.24) is 15.4 Å². The molecule has 0 aliphatic carbocycles. The van der Waals surface area contributed by atoms with Crippen LogP contribution >= 0.6 is 0 Å². The maximum absolute atomic E-state index is 12.1. The summed E-state index contributed by atoms with van der Waals surface area (Å²) in [6.45, 7) is 0.313. The van der Waals surface area contributed by atoms with Crippen LogP contribution in [0.5, 0.6) is 5.75 Å². The molecule has 138 valence electrons. The van der Waals surface area contributed by atoms with E-state index in [0.29, 0.717) is 23.7 Å². The molecule has 27 heavy (non-hydrogen) atoms. The van der Waals surface area contributed by atoms with Gasteiger partial charge in [-0.3, -0.25) is 4.79 Å². The number of nitrogens with zero attached hydrogens (tertiary/aromatic N) is 2. The van der Waals surface area contributed by atoms with Crippen LogP contribution in [-0.4, -0.2) is 22.1 Å². The Balaban J connectivity index is 0.00000150. The van der Waals surface area contributed by atoms with Gasteiger partial charge in [0.2, 0.25) is 0 Å². The number of H-pyrrole nitrogens is 1. The first kappa shape index (κ1) is 16.6. The number of aromatic amines is 1. The first-order chi connectivity index (χ1) is 13.3. The van der Waals surface area contributed by atoms with E-state index < -0.39 is 0 Å². The topological polar surface area (TPSA) is 92.5 Å². The molecule has 0 aliphatic heterocycles. The highest BCUT2D eigenvalue weighted by Gasteiger charge is 2.06. The molecule has 2 heterocycles. The monoisotopic (exact) mass is 364 g/mol. The molecule has 4 rings (SSSR count). The molecule has 0 bridgehead atoms. The number of rotatable bonds is 6. The van der Waals surface area contributed by atoms with Gasteiger partial charge in [0.15, 0.2) is 0 Å². The van der Waals surface area contributed by atoms with E-state index in [1.165, 1.54) is 12.5 Å². The maximum atomic E-state index is 12.1. The van der Waals surface area contributed by atoms with Gasteiger partial charge < -0.3 is 14.1 Å². The molecule has 0 saturated heterocycles. The van der Waals surface area contributed by atoms with Crippen LogP contribution in [0.1, 0.15) is 24.8 Å². The molecule has 2 aromatic heterocycles. The van der Waals surface area contributed by atoms with Crippen molar-refractivity contribution in [3.63, 3.8) is 0 Å². The molecule has 2 aromatic carbocycles. The Morgan fingerprint density at radius 2 is 2.04 bits per heavy atom. The third-order valence-corrected chi connectivity index (χ3v) is 3.83. The van der Waals surface area contributed by atoms with Crippen molar-refractivity contribution in [2.45, 2.75) is 6.61 Å². The summed E-state index contributed by atoms with van der Waals surface area (Å²) in [6.07, 6.45) is 2.97. The van der Waals surface area contributed by atoms with E-state index in [2.05, 4.69) is 20.5 Å². The Hall–Kier alpha value is -3.87. The maximum Gasteiger partial charge on any atom is 0.271 e. The molecule has 0 fully saturated rings. The van der Waals surface area contributed by atoms with Crippen LogP contribution in [0, 0.1) is 0 Å². The van der Waals surface area contributed by atoms with E-state index in [1.54, 1.807) is 36.4 Å². The number of hydrazone groups is 1. The third kappa shape index (κ3) is 4.04. The number of aromatic nitrogens is 2. The molecule has 2 N–H and O–H groups in total. The van der Waals surface area contributed by atoms with Gasteiger partial charge in [0, 0.05) is 8.42 Å². The van der Waals surface area contributed by atoms with Crippen molar-refractivity contribution >= 4 is 23.2 Å². The molecule has 4 aromatic rings. The third-order valence-electron chi connectivity index (χ3n) is 3.83. The minimum Gasteiger partial charge on any atom is -0.486 e. The van der Waals surface area contributed by atoms with E-state index in [9.17, 15) is 4.79 Å². The number of ether oxygens (including phenoxy) is 1. The van der Waals surface area contributed by atoms with Crippen molar-refractivity contribution in [2.24, 2.45) is 5.10 Å². The largest absolute Gasteiger partial charge is 0.486 e. The number of benzene rings is 2. The number of carbonyl (C=O) groups excluding carboxylic acids is 1. The molecule has 0 aliphatic rings. The molecule has 7 heteroatoms. The fourth-order valence-electron chi connectivity index (χ4n) is 2.51. The highest BCUT2D eigenvalue weighted by Crippen LogP contribution is 2.15. The zero-order valence-electron chi connectivity index (χ0n) is 14.3. The fourth-order valence-corrected chi connectivity index (χ4v) is 2.51. The zero-order chi connectivity index (χ0) is 18.5. The lowest BCUT2D eigenvalue weighted by molar-refractivity contribution is 0.0955. The molecule has 0 radical (unpaired) electrons. The summed E-state index contributed by atoms with van der Waals surface area (Å²) >= 11 is 0. The van der Waals surface area contributed by atoms with Gasteiger partial charge in [-0.05, 0) is 48.5 Å². The van der Waals surface area contributed by atoms with E-state index in [4.69, 9.17) is 9.15 Å². The minimum atomic E-state index is -0.318. The van der Waals surface area contributed by atoms with E-state index in [0.717, 1.165) is 16.9 Å². The average molecular weight is 364 g/mol. The lowest BCUT2D eigenvalue weighted by Crippen LogP contribution is -2.17. The van der Waals surface area contributed by atoms with E-state index in [1.807, 2.05) is 24.3 Å². The Morgan fingerprint density at radius 1 is 1.19 bits per heavy atom. The zero-order valence-corrected chi connectivity index (χ0v) is 14.3. The first-order valence-electron chi connectivity index (χ1n) is 8.31. The molecule has 0 saturated carbocycles. The van der Waals surface area contributed by atoms with Crippen LogP contribution in [0.4, 0.5) is 0 Å². The first-order valence-corrected chi connectivity index (χ1v) is 8.31. The van der Waals surface area contributed by atoms with Crippen molar-refractivity contribution in [2.75, 3.05) is 0 Å². The second kappa shape index (κ2) is 7.57. The number of nitrogens with one attached hydrogen (secondary N) is 2. The summed E-state index contributed by atoms with van der Waals surface area (Å²) in [6, 6.07) is 18.1. The average Bonchev–Trinajstić information content (AvgIpc) is 3.36. The van der Waals surface area contributed by atoms with E-state index in [-0.39, 0.29) is 8.76 Å². The number of carbonyl (C=O) groups is 1. The van der Waals surface area contributed by atoms with Crippen molar-refractivity contribution in [1.29, 1.82) is 0 Å². The second-order valence-corrected chi connectivity index (χ2v) is 5.73. The predicted octanol–water partition coefficient (Wildman–Crippen LogP) is 3.99. The fraction of sp³-hybridized carbons (Fsp3) is 0.0500. The predicted molar refractivity (Wildman–Crippen MR) is 105 cm³/mol. The number of para-hydroxylation sites is 2. The second-order valence-electron chi connectivity index (χ2n) is 5.73. The summed E-state index contributed by atoms with van der Waals surface area (Å²) in [5.41, 5.74) is 4.79. The van der Waals surface area contributed by atoms with Crippen molar-refractivity contribution < 1.29 is 16.8 Å². The van der Waals surface area contributed by atoms with Gasteiger partial charge in [-0.25, -0.2) is 10.4 Å². The lowest BCUT2D eigenvalue weighted by Gasteiger charge is -2.05. The summed E-state index contributed by atoms with van der Waals surface area (Å²) in [4.78, 5) is 19.7. The van der Waals surface area contributed by atoms with Crippen molar-refractivity contribution in [3.8, 4) is 5.75 Å². The van der Waals surface area contributed by atoms with Crippen LogP contribution in [0.15, 0.2) is 76.4 Å². The van der Waals surface area contributed by atoms with Gasteiger partial charge in [0.25, 0.3) is 5.91 Å². The normalized spacial score (nSPS) is 11.1. The van der Waals surface area contributed by atoms with Crippen LogP contribution in [0.2, 0.25) is 0 Å². The van der Waals surface area contributed by atoms with Crippen LogP contribution < -0.4 is 10.2 Å². The number of furan rings is 1. The molecule has 1 amide bonds. The Labute approximate surface area is 157 Å². The Kier molecular flexibility index (Phi) is 4.65. The summed E-state index contributed by atoms with van der Waals surface area (Å²) in [5, 5.41) is 3.85. The Bertz CT molecular complexity index is 1040. The highest BCUT2D eigenvalue weighted by atomic mass is 16.5. The summed E-state index contributed by atoms with van der Waals surface area (Å²) in [5.74, 6) is 1.63. The smallest absolute Gasteiger partial charge is 0.271 e. The van der Waals surface area contributed by atoms with E-state index >= 15 is 0 Å². The van der Waals surface area contributed by atoms with Gasteiger partial charge in [0.05, 0.1) is 23.5 Å². The van der Waals surface area contributed by atoms with Gasteiger partial charge >= 0.3 is 0 Å². The lowest BCUT2D eigenvalue weighted by atomic mass is 10.2. The Morgan fingerprint density at radius 3 is 2.81 bits per heavy atom. The minimum absolute atomic E-state index is 0. The molecule has 0 atom stereocenters. The highest BCUT2D eigenvalue weighted by molar-refractivity contribution is 5.94. The number of amides is 1. The van der Waals surface area contributed by atoms with Gasteiger partial charge in [-0.1, -0.05) is 12.1 Å². The quantitative estimate of drug-likeness (QED) is 0.400. The van der Waals surface area contributed by atoms with Gasteiger partial charge in [-0.2, -0.15) is 5.10 Å². The van der Waals surface area contributed by atoms with Crippen LogP contribution in [0.3, 0.4) is 0 Å². The number of hydrogen-bond donors (Lipinski definition) is 2. The standard InChI is InChI=1S/C20H16N4O3.2H2/c25-20(24-21-12-16-4-3-11-26-16)14-7-9-15(10-8-14)27-13-19-22-17-5-1-2-6-18(17)23-19;;/h1-12H,13H2,(H,22,23)(H,24,25);2*1H/b21-12+;;. The molecular weight excluding hydrogens is 344 g/mol. The molecule has 0 spiro atoms. The molecular formula is C20H20N4O3. The number of fused-ring (bicyclic) bond motifs is 1. The van der Waals surface area contributed by atoms with Gasteiger partial charge in [-0.15, -0.1) is 0 Å². The summed E-state index contributed by atoms with van der Waals surface area (Å²) < 4.78 is 10.8. The molecule has 7 nitrogen and oxygen atoms in total.